The Bertz CT molecular complexity index is 904. The van der Waals surface area contributed by atoms with Crippen molar-refractivity contribution in [3.8, 4) is 5.75 Å². The van der Waals surface area contributed by atoms with Gasteiger partial charge in [-0.05, 0) is 36.2 Å². The van der Waals surface area contributed by atoms with Crippen molar-refractivity contribution in [3.05, 3.63) is 64.4 Å². The molecule has 148 valence electrons. The maximum absolute atomic E-state index is 13.8. The summed E-state index contributed by atoms with van der Waals surface area (Å²) >= 11 is 5.79. The van der Waals surface area contributed by atoms with E-state index in [4.69, 9.17) is 11.6 Å². The lowest BCUT2D eigenvalue weighted by Crippen LogP contribution is -2.54. The molecule has 1 atom stereocenters. The van der Waals surface area contributed by atoms with Crippen molar-refractivity contribution >= 4 is 29.3 Å². The van der Waals surface area contributed by atoms with Crippen LogP contribution in [0.15, 0.2) is 42.5 Å². The van der Waals surface area contributed by atoms with Crippen molar-refractivity contribution in [2.75, 3.05) is 0 Å². The van der Waals surface area contributed by atoms with Crippen LogP contribution in [0.25, 0.3) is 0 Å². The smallest absolute Gasteiger partial charge is 0.273 e. The maximum atomic E-state index is 13.8. The van der Waals surface area contributed by atoms with Gasteiger partial charge in [0.1, 0.15) is 17.6 Å². The van der Waals surface area contributed by atoms with E-state index in [2.05, 4.69) is 16.2 Å². The van der Waals surface area contributed by atoms with E-state index in [1.165, 1.54) is 36.4 Å². The SMILES string of the molecule is CC(C)[C@H](NC(=O)c1ccccc1F)C(=O)NNC(=O)c1cc(Cl)ccc1O. The summed E-state index contributed by atoms with van der Waals surface area (Å²) in [5, 5.41) is 12.4. The molecule has 0 aliphatic carbocycles. The normalized spacial score (nSPS) is 11.6. The minimum Gasteiger partial charge on any atom is -0.507 e. The molecule has 0 bridgehead atoms. The van der Waals surface area contributed by atoms with Gasteiger partial charge >= 0.3 is 0 Å². The van der Waals surface area contributed by atoms with E-state index in [9.17, 15) is 23.9 Å². The predicted molar refractivity (Wildman–Crippen MR) is 101 cm³/mol. The zero-order valence-electron chi connectivity index (χ0n) is 15.1. The number of aromatic hydroxyl groups is 1. The monoisotopic (exact) mass is 407 g/mol. The number of rotatable bonds is 5. The van der Waals surface area contributed by atoms with Crippen LogP contribution in [0.4, 0.5) is 4.39 Å². The van der Waals surface area contributed by atoms with Crippen LogP contribution < -0.4 is 16.2 Å². The van der Waals surface area contributed by atoms with Crippen molar-refractivity contribution in [3.63, 3.8) is 0 Å². The van der Waals surface area contributed by atoms with E-state index in [1.54, 1.807) is 13.8 Å². The second kappa shape index (κ2) is 9.18. The third-order valence-corrected chi connectivity index (χ3v) is 4.09. The van der Waals surface area contributed by atoms with E-state index in [0.29, 0.717) is 0 Å². The van der Waals surface area contributed by atoms with Gasteiger partial charge in [0, 0.05) is 5.02 Å². The molecule has 0 spiro atoms. The molecule has 0 fully saturated rings. The molecule has 3 amide bonds. The van der Waals surface area contributed by atoms with E-state index >= 15 is 0 Å². The standard InChI is InChI=1S/C19H19ClFN3O4/c1-10(2)16(22-17(26)12-5-3-4-6-14(12)21)19(28)24-23-18(27)13-9-11(20)7-8-15(13)25/h3-10,16,25H,1-2H3,(H,22,26)(H,23,27)(H,24,28)/t16-/m0/s1. The summed E-state index contributed by atoms with van der Waals surface area (Å²) in [5.74, 6) is -3.65. The third kappa shape index (κ3) is 5.20. The number of hydrogen-bond acceptors (Lipinski definition) is 4. The van der Waals surface area contributed by atoms with E-state index in [-0.39, 0.29) is 27.8 Å². The molecular formula is C19H19ClFN3O4. The Morgan fingerprint density at radius 1 is 1.00 bits per heavy atom. The fraction of sp³-hybridized carbons (Fsp3) is 0.211. The van der Waals surface area contributed by atoms with Gasteiger partial charge in [-0.2, -0.15) is 0 Å². The molecule has 0 saturated heterocycles. The summed E-state index contributed by atoms with van der Waals surface area (Å²) in [6, 6.07) is 8.21. The Labute approximate surface area is 165 Å². The quantitative estimate of drug-likeness (QED) is 0.571. The zero-order valence-corrected chi connectivity index (χ0v) is 15.9. The lowest BCUT2D eigenvalue weighted by atomic mass is 10.0. The first-order valence-corrected chi connectivity index (χ1v) is 8.72. The lowest BCUT2D eigenvalue weighted by molar-refractivity contribution is -0.124. The number of carbonyl (C=O) groups excluding carboxylic acids is 3. The van der Waals surface area contributed by atoms with Crippen LogP contribution >= 0.6 is 11.6 Å². The number of nitrogens with one attached hydrogen (secondary N) is 3. The van der Waals surface area contributed by atoms with Gasteiger partial charge in [-0.3, -0.25) is 25.2 Å². The average Bonchev–Trinajstić information content (AvgIpc) is 2.65. The molecule has 2 rings (SSSR count). The number of carbonyl (C=O) groups is 3. The number of phenolic OH excluding ortho intramolecular Hbond substituents is 1. The Morgan fingerprint density at radius 2 is 1.68 bits per heavy atom. The molecule has 0 aromatic heterocycles. The highest BCUT2D eigenvalue weighted by Crippen LogP contribution is 2.21. The van der Waals surface area contributed by atoms with Gasteiger partial charge in [0.25, 0.3) is 17.7 Å². The Morgan fingerprint density at radius 3 is 2.32 bits per heavy atom. The largest absolute Gasteiger partial charge is 0.507 e. The van der Waals surface area contributed by atoms with E-state index in [0.717, 1.165) is 6.07 Å². The Balaban J connectivity index is 2.05. The first-order valence-electron chi connectivity index (χ1n) is 8.34. The van der Waals surface area contributed by atoms with Crippen molar-refractivity contribution in [1.29, 1.82) is 0 Å². The van der Waals surface area contributed by atoms with Gasteiger partial charge in [-0.1, -0.05) is 37.6 Å². The fourth-order valence-electron chi connectivity index (χ4n) is 2.35. The topological polar surface area (TPSA) is 108 Å². The predicted octanol–water partition coefficient (Wildman–Crippen LogP) is 2.40. The first kappa shape index (κ1) is 21.2. The highest BCUT2D eigenvalue weighted by atomic mass is 35.5. The average molecular weight is 408 g/mol. The van der Waals surface area contributed by atoms with Crippen molar-refractivity contribution in [1.82, 2.24) is 16.2 Å². The highest BCUT2D eigenvalue weighted by molar-refractivity contribution is 6.31. The van der Waals surface area contributed by atoms with Crippen molar-refractivity contribution < 1.29 is 23.9 Å². The summed E-state index contributed by atoms with van der Waals surface area (Å²) in [6.45, 7) is 3.35. The molecule has 2 aromatic carbocycles. The molecule has 0 saturated carbocycles. The first-order chi connectivity index (χ1) is 13.2. The van der Waals surface area contributed by atoms with Crippen LogP contribution in [0.1, 0.15) is 34.6 Å². The van der Waals surface area contributed by atoms with Gasteiger partial charge in [-0.25, -0.2) is 4.39 Å². The number of benzene rings is 2. The third-order valence-electron chi connectivity index (χ3n) is 3.86. The Kier molecular flexibility index (Phi) is 6.94. The van der Waals surface area contributed by atoms with Crippen LogP contribution in [0, 0.1) is 11.7 Å². The van der Waals surface area contributed by atoms with E-state index < -0.39 is 29.6 Å². The number of amides is 3. The van der Waals surface area contributed by atoms with Gasteiger partial charge in [0.15, 0.2) is 0 Å². The number of hydrazine groups is 1. The molecule has 0 aliphatic heterocycles. The molecule has 2 aromatic rings. The number of halogens is 2. The van der Waals surface area contributed by atoms with Gasteiger partial charge in [0.05, 0.1) is 11.1 Å². The minimum atomic E-state index is -1.04. The summed E-state index contributed by atoms with van der Waals surface area (Å²) in [6.07, 6.45) is 0. The molecule has 9 heteroatoms. The second-order valence-corrected chi connectivity index (χ2v) is 6.72. The minimum absolute atomic E-state index is 0.135. The summed E-state index contributed by atoms with van der Waals surface area (Å²) in [7, 11) is 0. The van der Waals surface area contributed by atoms with Gasteiger partial charge < -0.3 is 10.4 Å². The van der Waals surface area contributed by atoms with Crippen molar-refractivity contribution in [2.24, 2.45) is 5.92 Å². The van der Waals surface area contributed by atoms with Crippen LogP contribution in [0.3, 0.4) is 0 Å². The van der Waals surface area contributed by atoms with Crippen LogP contribution in [-0.2, 0) is 4.79 Å². The summed E-state index contributed by atoms with van der Waals surface area (Å²) in [4.78, 5) is 36.8. The summed E-state index contributed by atoms with van der Waals surface area (Å²) < 4.78 is 13.8. The molecule has 7 nitrogen and oxygen atoms in total. The zero-order chi connectivity index (χ0) is 20.8. The molecule has 28 heavy (non-hydrogen) atoms. The maximum Gasteiger partial charge on any atom is 0.273 e. The lowest BCUT2D eigenvalue weighted by Gasteiger charge is -2.22. The fourth-order valence-corrected chi connectivity index (χ4v) is 2.52. The van der Waals surface area contributed by atoms with E-state index in [1.807, 2.05) is 0 Å². The molecule has 0 radical (unpaired) electrons. The van der Waals surface area contributed by atoms with Crippen LogP contribution in [0.2, 0.25) is 5.02 Å². The molecule has 0 unspecified atom stereocenters. The van der Waals surface area contributed by atoms with Crippen molar-refractivity contribution in [2.45, 2.75) is 19.9 Å². The molecule has 4 N–H and O–H groups in total. The number of phenols is 1. The van der Waals surface area contributed by atoms with Crippen LogP contribution in [0.5, 0.6) is 5.75 Å². The van der Waals surface area contributed by atoms with Crippen LogP contribution in [-0.4, -0.2) is 28.9 Å². The molecule has 0 aliphatic rings. The Hall–Kier alpha value is -3.13. The van der Waals surface area contributed by atoms with Gasteiger partial charge in [0.2, 0.25) is 0 Å². The summed E-state index contributed by atoms with van der Waals surface area (Å²) in [5.41, 5.74) is 3.99. The molecule has 0 heterocycles. The van der Waals surface area contributed by atoms with Gasteiger partial charge in [-0.15, -0.1) is 0 Å². The highest BCUT2D eigenvalue weighted by Gasteiger charge is 2.26. The second-order valence-electron chi connectivity index (χ2n) is 6.28. The molecular weight excluding hydrogens is 389 g/mol. The number of hydrogen-bond donors (Lipinski definition) is 4.